The van der Waals surface area contributed by atoms with Crippen LogP contribution in [0.3, 0.4) is 0 Å². The highest BCUT2D eigenvalue weighted by Crippen LogP contribution is 2.32. The van der Waals surface area contributed by atoms with E-state index in [1.165, 1.54) is 0 Å². The van der Waals surface area contributed by atoms with Crippen LogP contribution in [0.1, 0.15) is 37.8 Å². The fraction of sp³-hybridized carbons (Fsp3) is 0.600. The Morgan fingerprint density at radius 1 is 1.38 bits per heavy atom. The number of benzene rings is 1. The minimum atomic E-state index is -3.47. The van der Waals surface area contributed by atoms with Crippen LogP contribution < -0.4 is 5.73 Å². The maximum atomic E-state index is 13.0. The predicted molar refractivity (Wildman–Crippen MR) is 88.5 cm³/mol. The summed E-state index contributed by atoms with van der Waals surface area (Å²) < 4.78 is 28.5. The fourth-order valence-corrected chi connectivity index (χ4v) is 5.56. The molecule has 2 unspecified atom stereocenters. The van der Waals surface area contributed by atoms with Crippen molar-refractivity contribution in [1.29, 1.82) is 0 Å². The van der Waals surface area contributed by atoms with E-state index in [9.17, 15) is 8.42 Å². The highest BCUT2D eigenvalue weighted by Gasteiger charge is 2.34. The molecule has 1 aliphatic heterocycles. The monoisotopic (exact) mass is 374 g/mol. The van der Waals surface area contributed by atoms with Crippen molar-refractivity contribution in [2.24, 2.45) is 11.7 Å². The average molecular weight is 375 g/mol. The minimum Gasteiger partial charge on any atom is -0.326 e. The summed E-state index contributed by atoms with van der Waals surface area (Å²) in [6.07, 6.45) is 1.83. The van der Waals surface area contributed by atoms with Crippen molar-refractivity contribution in [3.05, 3.63) is 27.7 Å². The molecule has 0 spiro atoms. The van der Waals surface area contributed by atoms with E-state index in [1.54, 1.807) is 10.4 Å². The van der Waals surface area contributed by atoms with Crippen LogP contribution >= 0.6 is 15.9 Å². The fourth-order valence-electron chi connectivity index (χ4n) is 2.96. The number of hydrogen-bond donors (Lipinski definition) is 1. The van der Waals surface area contributed by atoms with Crippen molar-refractivity contribution in [1.82, 2.24) is 4.31 Å². The van der Waals surface area contributed by atoms with Crippen molar-refractivity contribution in [3.8, 4) is 0 Å². The number of sulfonamides is 1. The van der Waals surface area contributed by atoms with Gasteiger partial charge in [-0.05, 0) is 55.9 Å². The Balaban J connectivity index is 2.47. The first-order chi connectivity index (χ1) is 9.77. The molecule has 2 N–H and O–H groups in total. The molecule has 0 amide bonds. The normalized spacial score (nSPS) is 24.2. The molecular weight excluding hydrogens is 352 g/mol. The predicted octanol–water partition coefficient (Wildman–Crippen LogP) is 3.03. The van der Waals surface area contributed by atoms with Gasteiger partial charge in [-0.1, -0.05) is 22.9 Å². The molecule has 6 heteroatoms. The molecule has 0 bridgehead atoms. The molecule has 2 rings (SSSR count). The summed E-state index contributed by atoms with van der Waals surface area (Å²) >= 11 is 3.44. The summed E-state index contributed by atoms with van der Waals surface area (Å²) in [6.45, 7) is 6.92. The Morgan fingerprint density at radius 3 is 2.62 bits per heavy atom. The van der Waals surface area contributed by atoms with E-state index in [4.69, 9.17) is 5.73 Å². The Hall–Kier alpha value is -0.430. The van der Waals surface area contributed by atoms with E-state index >= 15 is 0 Å². The van der Waals surface area contributed by atoms with E-state index < -0.39 is 10.0 Å². The number of rotatable bonds is 3. The van der Waals surface area contributed by atoms with E-state index in [0.717, 1.165) is 28.4 Å². The van der Waals surface area contributed by atoms with Gasteiger partial charge in [-0.25, -0.2) is 8.42 Å². The molecule has 0 aromatic heterocycles. The Kier molecular flexibility index (Phi) is 5.13. The second-order valence-corrected chi connectivity index (χ2v) is 8.71. The van der Waals surface area contributed by atoms with Gasteiger partial charge in [-0.15, -0.1) is 0 Å². The SMILES string of the molecule is Cc1c(Br)cc(CN)cc1S(=O)(=O)N1CCC(C)CC1C. The lowest BCUT2D eigenvalue weighted by Gasteiger charge is -2.35. The standard InChI is InChI=1S/C15H23BrN2O2S/c1-10-4-5-18(11(2)6-10)21(19,20)15-8-13(9-17)7-14(16)12(15)3/h7-8,10-11H,4-6,9,17H2,1-3H3. The number of nitrogens with two attached hydrogens (primary N) is 1. The van der Waals surface area contributed by atoms with Gasteiger partial charge in [0.05, 0.1) is 4.90 Å². The van der Waals surface area contributed by atoms with Crippen molar-refractivity contribution in [3.63, 3.8) is 0 Å². The summed E-state index contributed by atoms with van der Waals surface area (Å²) in [6, 6.07) is 3.63. The summed E-state index contributed by atoms with van der Waals surface area (Å²) in [4.78, 5) is 0.374. The van der Waals surface area contributed by atoms with Crippen LogP contribution in [0.4, 0.5) is 0 Å². The first-order valence-corrected chi connectivity index (χ1v) is 9.51. The van der Waals surface area contributed by atoms with E-state index in [1.807, 2.05) is 19.9 Å². The van der Waals surface area contributed by atoms with Gasteiger partial charge in [0.25, 0.3) is 0 Å². The highest BCUT2D eigenvalue weighted by atomic mass is 79.9. The molecule has 1 aromatic carbocycles. The van der Waals surface area contributed by atoms with Gasteiger partial charge in [0.2, 0.25) is 10.0 Å². The molecule has 0 radical (unpaired) electrons. The van der Waals surface area contributed by atoms with Gasteiger partial charge in [0, 0.05) is 23.6 Å². The topological polar surface area (TPSA) is 63.4 Å². The van der Waals surface area contributed by atoms with E-state index in [-0.39, 0.29) is 6.04 Å². The molecule has 1 aromatic rings. The lowest BCUT2D eigenvalue weighted by atomic mass is 9.95. The Bertz CT molecular complexity index is 631. The molecule has 2 atom stereocenters. The number of halogens is 1. The summed E-state index contributed by atoms with van der Waals surface area (Å²) in [5.41, 5.74) is 7.25. The van der Waals surface area contributed by atoms with Crippen LogP contribution in [0.5, 0.6) is 0 Å². The lowest BCUT2D eigenvalue weighted by Crippen LogP contribution is -2.44. The third kappa shape index (κ3) is 3.33. The number of piperidine rings is 1. The van der Waals surface area contributed by atoms with Crippen LogP contribution in [-0.4, -0.2) is 25.3 Å². The number of hydrogen-bond acceptors (Lipinski definition) is 3. The molecule has 0 saturated carbocycles. The smallest absolute Gasteiger partial charge is 0.243 e. The van der Waals surface area contributed by atoms with E-state index in [2.05, 4.69) is 22.9 Å². The molecule has 0 aliphatic carbocycles. The maximum Gasteiger partial charge on any atom is 0.243 e. The zero-order chi connectivity index (χ0) is 15.8. The van der Waals surface area contributed by atoms with Gasteiger partial charge in [0.15, 0.2) is 0 Å². The third-order valence-corrected chi connectivity index (χ3v) is 7.22. The maximum absolute atomic E-state index is 13.0. The zero-order valence-electron chi connectivity index (χ0n) is 12.8. The summed E-state index contributed by atoms with van der Waals surface area (Å²) in [5, 5.41) is 0. The zero-order valence-corrected chi connectivity index (χ0v) is 15.2. The Morgan fingerprint density at radius 2 is 2.05 bits per heavy atom. The molecule has 1 saturated heterocycles. The molecule has 1 heterocycles. The van der Waals surface area contributed by atoms with Crippen LogP contribution in [-0.2, 0) is 16.6 Å². The minimum absolute atomic E-state index is 0.0402. The first kappa shape index (κ1) is 16.9. The van der Waals surface area contributed by atoms with Crippen molar-refractivity contribution < 1.29 is 8.42 Å². The quantitative estimate of drug-likeness (QED) is 0.883. The van der Waals surface area contributed by atoms with Gasteiger partial charge >= 0.3 is 0 Å². The molecule has 21 heavy (non-hydrogen) atoms. The molecule has 1 aliphatic rings. The molecular formula is C15H23BrN2O2S. The largest absolute Gasteiger partial charge is 0.326 e. The average Bonchev–Trinajstić information content (AvgIpc) is 2.40. The second-order valence-electron chi connectivity index (χ2n) is 6.00. The third-order valence-electron chi connectivity index (χ3n) is 4.26. The summed E-state index contributed by atoms with van der Waals surface area (Å²) in [5.74, 6) is 0.578. The van der Waals surface area contributed by atoms with Gasteiger partial charge in [-0.2, -0.15) is 4.31 Å². The van der Waals surface area contributed by atoms with Gasteiger partial charge < -0.3 is 5.73 Å². The van der Waals surface area contributed by atoms with Crippen LogP contribution in [0, 0.1) is 12.8 Å². The molecule has 4 nitrogen and oxygen atoms in total. The lowest BCUT2D eigenvalue weighted by molar-refractivity contribution is 0.220. The van der Waals surface area contributed by atoms with Crippen molar-refractivity contribution >= 4 is 26.0 Å². The van der Waals surface area contributed by atoms with Crippen molar-refractivity contribution in [2.75, 3.05) is 6.54 Å². The van der Waals surface area contributed by atoms with Gasteiger partial charge in [-0.3, -0.25) is 0 Å². The molecule has 118 valence electrons. The van der Waals surface area contributed by atoms with Crippen LogP contribution in [0.2, 0.25) is 0 Å². The second kappa shape index (κ2) is 6.36. The number of nitrogens with zero attached hydrogens (tertiary/aromatic N) is 1. The van der Waals surface area contributed by atoms with Gasteiger partial charge in [0.1, 0.15) is 0 Å². The van der Waals surface area contributed by atoms with E-state index in [0.29, 0.717) is 23.9 Å². The highest BCUT2D eigenvalue weighted by molar-refractivity contribution is 9.10. The molecule has 1 fully saturated rings. The first-order valence-electron chi connectivity index (χ1n) is 7.28. The van der Waals surface area contributed by atoms with Crippen LogP contribution in [0.25, 0.3) is 0 Å². The Labute approximate surface area is 135 Å². The van der Waals surface area contributed by atoms with Crippen LogP contribution in [0.15, 0.2) is 21.5 Å². The summed E-state index contributed by atoms with van der Waals surface area (Å²) in [7, 11) is -3.47. The van der Waals surface area contributed by atoms with Crippen molar-refractivity contribution in [2.45, 2.75) is 51.1 Å².